The molecule has 35 heavy (non-hydrogen) atoms. The highest BCUT2D eigenvalue weighted by molar-refractivity contribution is 5.86. The Morgan fingerprint density at radius 2 is 1.89 bits per heavy atom. The topological polar surface area (TPSA) is 78.3 Å². The second kappa shape index (κ2) is 10.6. The van der Waals surface area contributed by atoms with E-state index in [4.69, 9.17) is 19.6 Å². The molecule has 0 aliphatic heterocycles. The van der Waals surface area contributed by atoms with E-state index in [1.165, 1.54) is 0 Å². The molecule has 4 rings (SSSR count). The molecule has 0 aliphatic carbocycles. The molecule has 182 valence electrons. The molecule has 0 spiro atoms. The van der Waals surface area contributed by atoms with Crippen LogP contribution in [0.25, 0.3) is 16.7 Å². The van der Waals surface area contributed by atoms with Crippen molar-refractivity contribution in [2.45, 2.75) is 47.1 Å². The van der Waals surface area contributed by atoms with Crippen LogP contribution in [0.2, 0.25) is 0 Å². The molecular formula is C28H32N4O3. The van der Waals surface area contributed by atoms with Gasteiger partial charge in [0.2, 0.25) is 11.8 Å². The molecular weight excluding hydrogens is 440 g/mol. The molecule has 0 saturated carbocycles. The number of nitrogens with zero attached hydrogens (tertiary/aromatic N) is 3. The van der Waals surface area contributed by atoms with Gasteiger partial charge in [0.15, 0.2) is 5.65 Å². The van der Waals surface area contributed by atoms with Gasteiger partial charge in [-0.2, -0.15) is 10.1 Å². The van der Waals surface area contributed by atoms with Crippen molar-refractivity contribution in [2.24, 2.45) is 0 Å². The predicted octanol–water partition coefficient (Wildman–Crippen LogP) is 5.00. The van der Waals surface area contributed by atoms with Gasteiger partial charge in [0.25, 0.3) is 0 Å². The van der Waals surface area contributed by atoms with E-state index in [0.717, 1.165) is 50.4 Å². The van der Waals surface area contributed by atoms with Crippen molar-refractivity contribution in [3.8, 4) is 17.3 Å². The lowest BCUT2D eigenvalue weighted by Crippen LogP contribution is -2.23. The van der Waals surface area contributed by atoms with Crippen molar-refractivity contribution >= 4 is 16.9 Å². The van der Waals surface area contributed by atoms with Gasteiger partial charge in [0.1, 0.15) is 5.75 Å². The smallest absolute Gasteiger partial charge is 0.220 e. The average Bonchev–Trinajstić information content (AvgIpc) is 3.19. The molecule has 0 atom stereocenters. The summed E-state index contributed by atoms with van der Waals surface area (Å²) in [4.78, 5) is 17.5. The van der Waals surface area contributed by atoms with E-state index in [9.17, 15) is 4.79 Å². The molecule has 0 radical (unpaired) electrons. The van der Waals surface area contributed by atoms with E-state index in [1.807, 2.05) is 54.9 Å². The highest BCUT2D eigenvalue weighted by Crippen LogP contribution is 2.32. The van der Waals surface area contributed by atoms with E-state index >= 15 is 0 Å². The molecule has 0 fully saturated rings. The van der Waals surface area contributed by atoms with E-state index < -0.39 is 0 Å². The van der Waals surface area contributed by atoms with Gasteiger partial charge in [-0.15, -0.1) is 0 Å². The summed E-state index contributed by atoms with van der Waals surface area (Å²) in [5, 5.41) is 8.79. The van der Waals surface area contributed by atoms with Crippen LogP contribution in [-0.2, 0) is 17.8 Å². The van der Waals surface area contributed by atoms with Gasteiger partial charge in [-0.3, -0.25) is 4.79 Å². The fourth-order valence-corrected chi connectivity index (χ4v) is 4.33. The Bertz CT molecular complexity index is 1360. The van der Waals surface area contributed by atoms with Crippen LogP contribution in [-0.4, -0.2) is 34.4 Å². The molecule has 4 aromatic rings. The number of aromatic nitrogens is 3. The van der Waals surface area contributed by atoms with Gasteiger partial charge in [-0.25, -0.2) is 4.68 Å². The first-order valence-corrected chi connectivity index (χ1v) is 11.9. The summed E-state index contributed by atoms with van der Waals surface area (Å²) < 4.78 is 13.1. The normalized spacial score (nSPS) is 11.0. The molecule has 1 N–H and O–H groups in total. The number of rotatable bonds is 9. The Morgan fingerprint density at radius 3 is 2.63 bits per heavy atom. The zero-order chi connectivity index (χ0) is 24.9. The van der Waals surface area contributed by atoms with Gasteiger partial charge in [0, 0.05) is 23.9 Å². The third-order valence-electron chi connectivity index (χ3n) is 6.08. The molecule has 7 nitrogen and oxygen atoms in total. The summed E-state index contributed by atoms with van der Waals surface area (Å²) in [6, 6.07) is 15.9. The number of carbonyl (C=O) groups excluding carboxylic acids is 1. The lowest BCUT2D eigenvalue weighted by Gasteiger charge is -2.14. The standard InChI is InChI=1S/C28H32N4O3/c1-6-35-28-24(13-14-25(33)29-17-21-10-8-12-23(16-21)34-5)19(3)26-20(4)31-32(27(26)30-28)22-11-7-9-18(2)15-22/h7-12,15-16H,6,13-14,17H2,1-5H3,(H,29,33). The fourth-order valence-electron chi connectivity index (χ4n) is 4.33. The van der Waals surface area contributed by atoms with Crippen LogP contribution in [0.5, 0.6) is 11.6 Å². The minimum absolute atomic E-state index is 0.0260. The zero-order valence-corrected chi connectivity index (χ0v) is 21.0. The molecule has 0 bridgehead atoms. The SMILES string of the molecule is CCOc1nc2c(c(C)nn2-c2cccc(C)c2)c(C)c1CCC(=O)NCc1cccc(OC)c1. The number of benzene rings is 2. The summed E-state index contributed by atoms with van der Waals surface area (Å²) >= 11 is 0. The summed E-state index contributed by atoms with van der Waals surface area (Å²) in [6.07, 6.45) is 0.867. The Labute approximate surface area is 206 Å². The quantitative estimate of drug-likeness (QED) is 0.371. The number of fused-ring (bicyclic) bond motifs is 1. The first kappa shape index (κ1) is 24.3. The number of amides is 1. The summed E-state index contributed by atoms with van der Waals surface area (Å²) in [6.45, 7) is 9.00. The second-order valence-corrected chi connectivity index (χ2v) is 8.62. The molecule has 2 aromatic heterocycles. The Hall–Kier alpha value is -3.87. The molecule has 0 aliphatic rings. The minimum atomic E-state index is -0.0260. The second-order valence-electron chi connectivity index (χ2n) is 8.62. The van der Waals surface area contributed by atoms with Crippen LogP contribution in [0.4, 0.5) is 0 Å². The molecule has 0 unspecified atom stereocenters. The van der Waals surface area contributed by atoms with Gasteiger partial charge >= 0.3 is 0 Å². The van der Waals surface area contributed by atoms with Crippen LogP contribution in [0.1, 0.15) is 41.3 Å². The minimum Gasteiger partial charge on any atom is -0.497 e. The summed E-state index contributed by atoms with van der Waals surface area (Å²) in [5.41, 5.74) is 6.77. The molecule has 2 heterocycles. The molecule has 2 aromatic carbocycles. The van der Waals surface area contributed by atoms with Crippen LogP contribution >= 0.6 is 0 Å². The van der Waals surface area contributed by atoms with Gasteiger partial charge in [-0.1, -0.05) is 24.3 Å². The highest BCUT2D eigenvalue weighted by atomic mass is 16.5. The molecule has 0 saturated heterocycles. The van der Waals surface area contributed by atoms with Crippen molar-refractivity contribution in [1.82, 2.24) is 20.1 Å². The van der Waals surface area contributed by atoms with E-state index in [1.54, 1.807) is 7.11 Å². The van der Waals surface area contributed by atoms with Crippen LogP contribution < -0.4 is 14.8 Å². The number of carbonyl (C=O) groups is 1. The van der Waals surface area contributed by atoms with E-state index in [2.05, 4.69) is 31.3 Å². The number of aryl methyl sites for hydroxylation is 3. The van der Waals surface area contributed by atoms with Crippen molar-refractivity contribution in [1.29, 1.82) is 0 Å². The van der Waals surface area contributed by atoms with Crippen LogP contribution in [0, 0.1) is 20.8 Å². The highest BCUT2D eigenvalue weighted by Gasteiger charge is 2.20. The van der Waals surface area contributed by atoms with Crippen molar-refractivity contribution in [3.05, 3.63) is 76.5 Å². The largest absolute Gasteiger partial charge is 0.497 e. The maximum atomic E-state index is 12.7. The molecule has 7 heteroatoms. The Morgan fingerprint density at radius 1 is 1.09 bits per heavy atom. The van der Waals surface area contributed by atoms with Crippen LogP contribution in [0.15, 0.2) is 48.5 Å². The van der Waals surface area contributed by atoms with E-state index in [-0.39, 0.29) is 5.91 Å². The van der Waals surface area contributed by atoms with E-state index in [0.29, 0.717) is 31.9 Å². The number of hydrogen-bond donors (Lipinski definition) is 1. The molecule has 1 amide bonds. The first-order chi connectivity index (χ1) is 16.9. The van der Waals surface area contributed by atoms with Gasteiger partial charge in [-0.05, 0) is 75.1 Å². The number of methoxy groups -OCH3 is 1. The van der Waals surface area contributed by atoms with Crippen molar-refractivity contribution in [2.75, 3.05) is 13.7 Å². The number of nitrogens with one attached hydrogen (secondary N) is 1. The van der Waals surface area contributed by atoms with Crippen molar-refractivity contribution in [3.63, 3.8) is 0 Å². The summed E-state index contributed by atoms with van der Waals surface area (Å²) in [5.74, 6) is 1.31. The maximum Gasteiger partial charge on any atom is 0.220 e. The third kappa shape index (κ3) is 5.29. The van der Waals surface area contributed by atoms with Crippen LogP contribution in [0.3, 0.4) is 0 Å². The lowest BCUT2D eigenvalue weighted by molar-refractivity contribution is -0.121. The van der Waals surface area contributed by atoms with Gasteiger partial charge in [0.05, 0.1) is 25.1 Å². The first-order valence-electron chi connectivity index (χ1n) is 11.9. The Kier molecular flexibility index (Phi) is 7.34. The van der Waals surface area contributed by atoms with Gasteiger partial charge < -0.3 is 14.8 Å². The Balaban J connectivity index is 1.58. The predicted molar refractivity (Wildman–Crippen MR) is 137 cm³/mol. The summed E-state index contributed by atoms with van der Waals surface area (Å²) in [7, 11) is 1.63. The van der Waals surface area contributed by atoms with Crippen molar-refractivity contribution < 1.29 is 14.3 Å². The number of hydrogen-bond acceptors (Lipinski definition) is 5. The number of pyridine rings is 1. The lowest BCUT2D eigenvalue weighted by atomic mass is 10.0. The fraction of sp³-hybridized carbons (Fsp3) is 0.321. The zero-order valence-electron chi connectivity index (χ0n) is 21.0. The maximum absolute atomic E-state index is 12.7. The number of ether oxygens (including phenoxy) is 2. The average molecular weight is 473 g/mol. The third-order valence-corrected chi connectivity index (χ3v) is 6.08. The monoisotopic (exact) mass is 472 g/mol.